The topological polar surface area (TPSA) is 20.3 Å². The lowest BCUT2D eigenvalue weighted by molar-refractivity contribution is -0.127. The Hall–Kier alpha value is -1.02. The van der Waals surface area contributed by atoms with Gasteiger partial charge in [-0.3, -0.25) is 4.79 Å². The number of rotatable bonds is 3. The van der Waals surface area contributed by atoms with Gasteiger partial charge in [-0.1, -0.05) is 44.2 Å². The van der Waals surface area contributed by atoms with Crippen LogP contribution >= 0.6 is 11.6 Å². The van der Waals surface area contributed by atoms with Crippen molar-refractivity contribution in [2.45, 2.75) is 20.4 Å². The monoisotopic (exact) mass is 227 g/mol. The van der Waals surface area contributed by atoms with Gasteiger partial charge in [0.25, 0.3) is 0 Å². The van der Waals surface area contributed by atoms with Crippen molar-refractivity contribution in [1.29, 1.82) is 0 Å². The molecule has 2 nitrogen and oxygen atoms in total. The first kappa shape index (κ1) is 14.0. The van der Waals surface area contributed by atoms with Crippen molar-refractivity contribution >= 4 is 17.5 Å². The van der Waals surface area contributed by atoms with Gasteiger partial charge in [-0.05, 0) is 5.56 Å². The van der Waals surface area contributed by atoms with Crippen LogP contribution in [0.25, 0.3) is 0 Å². The van der Waals surface area contributed by atoms with Crippen LogP contribution in [0.3, 0.4) is 0 Å². The number of hydrogen-bond donors (Lipinski definition) is 0. The molecule has 15 heavy (non-hydrogen) atoms. The zero-order chi connectivity index (χ0) is 11.7. The van der Waals surface area contributed by atoms with Crippen molar-refractivity contribution in [2.75, 3.05) is 12.9 Å². The summed E-state index contributed by atoms with van der Waals surface area (Å²) in [6.07, 6.45) is 0. The maximum absolute atomic E-state index is 11.1. The number of alkyl halides is 1. The quantitative estimate of drug-likeness (QED) is 0.728. The maximum Gasteiger partial charge on any atom is 0.237 e. The van der Waals surface area contributed by atoms with E-state index in [9.17, 15) is 4.79 Å². The smallest absolute Gasteiger partial charge is 0.237 e. The normalized spacial score (nSPS) is 8.80. The minimum absolute atomic E-state index is 0.0450. The summed E-state index contributed by atoms with van der Waals surface area (Å²) in [5.41, 5.74) is 1.11. The molecule has 0 aliphatic carbocycles. The van der Waals surface area contributed by atoms with E-state index in [-0.39, 0.29) is 11.8 Å². The van der Waals surface area contributed by atoms with Gasteiger partial charge in [0.1, 0.15) is 5.88 Å². The third-order valence-electron chi connectivity index (χ3n) is 1.80. The standard InChI is InChI=1S/C10H12ClNO.C2H6/c1-12(10(13)7-11)8-9-5-3-2-4-6-9;1-2/h2-6H,7-8H2,1H3;1-2H3. The van der Waals surface area contributed by atoms with Crippen LogP contribution in [-0.4, -0.2) is 23.7 Å². The first-order chi connectivity index (χ1) is 7.24. The van der Waals surface area contributed by atoms with Gasteiger partial charge >= 0.3 is 0 Å². The summed E-state index contributed by atoms with van der Waals surface area (Å²) in [6.45, 7) is 4.62. The molecule has 84 valence electrons. The van der Waals surface area contributed by atoms with Crippen LogP contribution in [0, 0.1) is 0 Å². The highest BCUT2D eigenvalue weighted by molar-refractivity contribution is 6.27. The molecule has 0 fully saturated rings. The predicted molar refractivity (Wildman–Crippen MR) is 65.0 cm³/mol. The molecule has 0 saturated heterocycles. The van der Waals surface area contributed by atoms with E-state index in [1.807, 2.05) is 44.2 Å². The van der Waals surface area contributed by atoms with E-state index in [0.717, 1.165) is 5.56 Å². The molecular weight excluding hydrogens is 210 g/mol. The Labute approximate surface area is 96.9 Å². The molecule has 1 amide bonds. The van der Waals surface area contributed by atoms with E-state index < -0.39 is 0 Å². The van der Waals surface area contributed by atoms with Crippen molar-refractivity contribution in [3.05, 3.63) is 35.9 Å². The zero-order valence-corrected chi connectivity index (χ0v) is 10.3. The van der Waals surface area contributed by atoms with Gasteiger partial charge in [-0.25, -0.2) is 0 Å². The second-order valence-corrected chi connectivity index (χ2v) is 3.14. The van der Waals surface area contributed by atoms with Crippen molar-refractivity contribution < 1.29 is 4.79 Å². The fourth-order valence-electron chi connectivity index (χ4n) is 1.05. The van der Waals surface area contributed by atoms with Crippen molar-refractivity contribution in [3.63, 3.8) is 0 Å². The van der Waals surface area contributed by atoms with Crippen LogP contribution in [-0.2, 0) is 11.3 Å². The summed E-state index contributed by atoms with van der Waals surface area (Å²) in [4.78, 5) is 12.7. The van der Waals surface area contributed by atoms with E-state index in [1.165, 1.54) is 0 Å². The largest absolute Gasteiger partial charge is 0.340 e. The molecule has 0 aliphatic heterocycles. The molecule has 0 atom stereocenters. The highest BCUT2D eigenvalue weighted by Crippen LogP contribution is 2.02. The van der Waals surface area contributed by atoms with Gasteiger partial charge in [0.05, 0.1) is 0 Å². The first-order valence-electron chi connectivity index (χ1n) is 5.08. The number of amides is 1. The lowest BCUT2D eigenvalue weighted by atomic mass is 10.2. The molecule has 0 N–H and O–H groups in total. The second-order valence-electron chi connectivity index (χ2n) is 2.87. The predicted octanol–water partition coefficient (Wildman–Crippen LogP) is 2.91. The van der Waals surface area contributed by atoms with E-state index >= 15 is 0 Å². The Morgan fingerprint density at radius 3 is 2.27 bits per heavy atom. The molecule has 0 aromatic heterocycles. The molecular formula is C12H18ClNO. The second kappa shape index (κ2) is 8.30. The van der Waals surface area contributed by atoms with Crippen LogP contribution in [0.15, 0.2) is 30.3 Å². The molecule has 1 aromatic carbocycles. The van der Waals surface area contributed by atoms with Gasteiger partial charge in [0.15, 0.2) is 0 Å². The van der Waals surface area contributed by atoms with Crippen molar-refractivity contribution in [2.24, 2.45) is 0 Å². The Morgan fingerprint density at radius 2 is 1.80 bits per heavy atom. The minimum Gasteiger partial charge on any atom is -0.340 e. The molecule has 1 aromatic rings. The van der Waals surface area contributed by atoms with Gasteiger partial charge in [-0.2, -0.15) is 0 Å². The van der Waals surface area contributed by atoms with E-state index in [4.69, 9.17) is 11.6 Å². The Kier molecular flexibility index (Phi) is 7.74. The Morgan fingerprint density at radius 1 is 1.27 bits per heavy atom. The third-order valence-corrected chi connectivity index (χ3v) is 2.03. The van der Waals surface area contributed by atoms with Gasteiger partial charge in [0, 0.05) is 13.6 Å². The number of nitrogens with zero attached hydrogens (tertiary/aromatic N) is 1. The van der Waals surface area contributed by atoms with Crippen molar-refractivity contribution in [3.8, 4) is 0 Å². The Balaban J connectivity index is 0.000000921. The van der Waals surface area contributed by atoms with Crippen LogP contribution in [0.4, 0.5) is 0 Å². The van der Waals surface area contributed by atoms with E-state index in [1.54, 1.807) is 11.9 Å². The third kappa shape index (κ3) is 5.43. The highest BCUT2D eigenvalue weighted by atomic mass is 35.5. The molecule has 0 heterocycles. The molecule has 0 bridgehead atoms. The number of hydrogen-bond acceptors (Lipinski definition) is 1. The maximum atomic E-state index is 11.1. The first-order valence-corrected chi connectivity index (χ1v) is 5.61. The van der Waals surface area contributed by atoms with Gasteiger partial charge < -0.3 is 4.90 Å². The number of benzene rings is 1. The summed E-state index contributed by atoms with van der Waals surface area (Å²) in [5.74, 6) is -0.00547. The molecule has 0 spiro atoms. The molecule has 0 unspecified atom stereocenters. The number of carbonyl (C=O) groups is 1. The average molecular weight is 228 g/mol. The van der Waals surface area contributed by atoms with Crippen molar-refractivity contribution in [1.82, 2.24) is 4.90 Å². The summed E-state index contributed by atoms with van der Waals surface area (Å²) < 4.78 is 0. The fraction of sp³-hybridized carbons (Fsp3) is 0.417. The van der Waals surface area contributed by atoms with E-state index in [0.29, 0.717) is 6.54 Å². The van der Waals surface area contributed by atoms with Crippen LogP contribution < -0.4 is 0 Å². The summed E-state index contributed by atoms with van der Waals surface area (Å²) in [5, 5.41) is 0. The SMILES string of the molecule is CC.CN(Cc1ccccc1)C(=O)CCl. The number of carbonyl (C=O) groups excluding carboxylic acids is 1. The lowest BCUT2D eigenvalue weighted by Crippen LogP contribution is -2.26. The fourth-order valence-corrected chi connectivity index (χ4v) is 1.25. The number of halogens is 1. The highest BCUT2D eigenvalue weighted by Gasteiger charge is 2.06. The van der Waals surface area contributed by atoms with E-state index in [2.05, 4.69) is 0 Å². The minimum atomic E-state index is -0.0504. The lowest BCUT2D eigenvalue weighted by Gasteiger charge is -2.15. The summed E-state index contributed by atoms with van der Waals surface area (Å²) in [6, 6.07) is 9.82. The molecule has 1 rings (SSSR count). The zero-order valence-electron chi connectivity index (χ0n) is 9.53. The van der Waals surface area contributed by atoms with Gasteiger partial charge in [0.2, 0.25) is 5.91 Å². The Bertz CT molecular complexity index is 274. The molecule has 0 aliphatic rings. The summed E-state index contributed by atoms with van der Waals surface area (Å²) >= 11 is 5.42. The molecule has 0 saturated carbocycles. The van der Waals surface area contributed by atoms with Crippen LogP contribution in [0.1, 0.15) is 19.4 Å². The van der Waals surface area contributed by atoms with Crippen LogP contribution in [0.5, 0.6) is 0 Å². The molecule has 0 radical (unpaired) electrons. The average Bonchev–Trinajstić information content (AvgIpc) is 2.32. The molecule has 3 heteroatoms. The van der Waals surface area contributed by atoms with Gasteiger partial charge in [-0.15, -0.1) is 11.6 Å². The van der Waals surface area contributed by atoms with Crippen LogP contribution in [0.2, 0.25) is 0 Å². The summed E-state index contributed by atoms with van der Waals surface area (Å²) in [7, 11) is 1.75.